The van der Waals surface area contributed by atoms with E-state index in [0.29, 0.717) is 10.8 Å². The fourth-order valence-electron chi connectivity index (χ4n) is 6.16. The van der Waals surface area contributed by atoms with Crippen LogP contribution in [0, 0.1) is 28.6 Å². The molecule has 4 rings (SSSR count). The van der Waals surface area contributed by atoms with E-state index in [1.54, 1.807) is 5.57 Å². The van der Waals surface area contributed by atoms with Crippen molar-refractivity contribution >= 4 is 15.9 Å². The van der Waals surface area contributed by atoms with Crippen molar-refractivity contribution in [2.24, 2.45) is 28.6 Å². The van der Waals surface area contributed by atoms with Gasteiger partial charge in [0.2, 0.25) is 0 Å². The van der Waals surface area contributed by atoms with Crippen LogP contribution in [-0.4, -0.2) is 16.5 Å². The molecule has 2 heteroatoms. The summed E-state index contributed by atoms with van der Waals surface area (Å²) in [5.74, 6) is 2.55. The third-order valence-electron chi connectivity index (χ3n) is 7.42. The molecule has 0 aromatic heterocycles. The number of hydrogen-bond acceptors (Lipinski definition) is 1. The zero-order chi connectivity index (χ0) is 14.7. The topological polar surface area (TPSA) is 20.2 Å². The van der Waals surface area contributed by atoms with E-state index in [-0.39, 0.29) is 6.10 Å². The van der Waals surface area contributed by atoms with Gasteiger partial charge >= 0.3 is 0 Å². The minimum Gasteiger partial charge on any atom is -0.393 e. The normalized spacial score (nSPS) is 51.9. The Hall–Kier alpha value is -0.0800. The van der Waals surface area contributed by atoms with Crippen LogP contribution in [-0.2, 0) is 0 Å². The molecule has 0 radical (unpaired) electrons. The summed E-state index contributed by atoms with van der Waals surface area (Å²) in [6, 6.07) is 0. The lowest BCUT2D eigenvalue weighted by Crippen LogP contribution is -2.50. The number of fused-ring (bicyclic) bond motifs is 5. The molecule has 1 nitrogen and oxygen atoms in total. The Morgan fingerprint density at radius 1 is 1.24 bits per heavy atom. The molecule has 0 aliphatic heterocycles. The number of aliphatic hydroxyl groups is 1. The van der Waals surface area contributed by atoms with Crippen LogP contribution < -0.4 is 0 Å². The molecule has 0 saturated heterocycles. The second-order valence-corrected chi connectivity index (χ2v) is 8.76. The SMILES string of the molecule is C[C@]12CCC(O)CC1=CC[C@H]1[C@@H]3CC=C[C@@]3(CBr)CC[C@@H]12. The number of alkyl halides is 1. The van der Waals surface area contributed by atoms with Crippen LogP contribution in [0.25, 0.3) is 0 Å². The predicted molar refractivity (Wildman–Crippen MR) is 90.4 cm³/mol. The van der Waals surface area contributed by atoms with Gasteiger partial charge in [0.25, 0.3) is 0 Å². The summed E-state index contributed by atoms with van der Waals surface area (Å²) in [6.45, 7) is 2.51. The Bertz CT molecular complexity index is 496. The molecule has 0 aromatic carbocycles. The molecule has 6 atom stereocenters. The van der Waals surface area contributed by atoms with E-state index in [9.17, 15) is 5.11 Å². The number of rotatable bonds is 1. The molecule has 1 unspecified atom stereocenters. The van der Waals surface area contributed by atoms with Gasteiger partial charge in [-0.15, -0.1) is 0 Å². The molecule has 1 N–H and O–H groups in total. The van der Waals surface area contributed by atoms with Crippen molar-refractivity contribution in [1.82, 2.24) is 0 Å². The van der Waals surface area contributed by atoms with E-state index in [4.69, 9.17) is 0 Å². The molecule has 116 valence electrons. The van der Waals surface area contributed by atoms with Gasteiger partial charge in [0.1, 0.15) is 0 Å². The summed E-state index contributed by atoms with van der Waals surface area (Å²) >= 11 is 3.82. The second-order valence-electron chi connectivity index (χ2n) is 8.20. The zero-order valence-corrected chi connectivity index (χ0v) is 14.6. The van der Waals surface area contributed by atoms with Crippen molar-refractivity contribution in [3.8, 4) is 0 Å². The van der Waals surface area contributed by atoms with Crippen LogP contribution in [0.15, 0.2) is 23.8 Å². The summed E-state index contributed by atoms with van der Waals surface area (Å²) in [5.41, 5.74) is 2.40. The third kappa shape index (κ3) is 1.97. The van der Waals surface area contributed by atoms with Gasteiger partial charge in [-0.1, -0.05) is 46.7 Å². The number of aliphatic hydroxyl groups excluding tert-OH is 1. The molecule has 2 saturated carbocycles. The minimum absolute atomic E-state index is 0.0840. The lowest BCUT2D eigenvalue weighted by molar-refractivity contribution is -0.0245. The van der Waals surface area contributed by atoms with Crippen LogP contribution in [0.2, 0.25) is 0 Å². The fraction of sp³-hybridized carbons (Fsp3) is 0.789. The Labute approximate surface area is 137 Å². The van der Waals surface area contributed by atoms with Gasteiger partial charge in [-0.2, -0.15) is 0 Å². The summed E-state index contributed by atoms with van der Waals surface area (Å²) in [6.07, 6.45) is 15.8. The number of halogens is 1. The Morgan fingerprint density at radius 3 is 2.90 bits per heavy atom. The highest BCUT2D eigenvalue weighted by molar-refractivity contribution is 9.09. The maximum Gasteiger partial charge on any atom is 0.0577 e. The first kappa shape index (κ1) is 14.5. The van der Waals surface area contributed by atoms with Crippen LogP contribution in [0.5, 0.6) is 0 Å². The molecule has 21 heavy (non-hydrogen) atoms. The molecule has 0 amide bonds. The highest BCUT2D eigenvalue weighted by Crippen LogP contribution is 2.63. The predicted octanol–water partition coefficient (Wildman–Crippen LogP) is 4.85. The molecule has 2 fully saturated rings. The van der Waals surface area contributed by atoms with Crippen molar-refractivity contribution in [3.63, 3.8) is 0 Å². The van der Waals surface area contributed by atoms with E-state index >= 15 is 0 Å². The van der Waals surface area contributed by atoms with Gasteiger partial charge < -0.3 is 5.11 Å². The quantitative estimate of drug-likeness (QED) is 0.529. The second kappa shape index (κ2) is 4.96. The highest BCUT2D eigenvalue weighted by atomic mass is 79.9. The molecule has 4 aliphatic rings. The van der Waals surface area contributed by atoms with Crippen molar-refractivity contribution in [1.29, 1.82) is 0 Å². The van der Waals surface area contributed by atoms with E-state index in [1.165, 1.54) is 32.1 Å². The minimum atomic E-state index is -0.0840. The van der Waals surface area contributed by atoms with E-state index in [2.05, 4.69) is 41.1 Å². The first-order valence-electron chi connectivity index (χ1n) is 8.70. The maximum atomic E-state index is 10.0. The van der Waals surface area contributed by atoms with Gasteiger partial charge in [-0.05, 0) is 68.1 Å². The monoisotopic (exact) mass is 350 g/mol. The van der Waals surface area contributed by atoms with Crippen LogP contribution in [0.3, 0.4) is 0 Å². The van der Waals surface area contributed by atoms with Crippen LogP contribution in [0.1, 0.15) is 51.9 Å². The van der Waals surface area contributed by atoms with Crippen molar-refractivity contribution in [2.45, 2.75) is 58.0 Å². The van der Waals surface area contributed by atoms with Crippen molar-refractivity contribution in [2.75, 3.05) is 5.33 Å². The average molecular weight is 351 g/mol. The van der Waals surface area contributed by atoms with Gasteiger partial charge in [0.15, 0.2) is 0 Å². The average Bonchev–Trinajstić information content (AvgIpc) is 2.92. The maximum absolute atomic E-state index is 10.0. The van der Waals surface area contributed by atoms with Gasteiger partial charge in [-0.25, -0.2) is 0 Å². The zero-order valence-electron chi connectivity index (χ0n) is 13.0. The highest BCUT2D eigenvalue weighted by Gasteiger charge is 2.55. The summed E-state index contributed by atoms with van der Waals surface area (Å²) in [4.78, 5) is 0. The van der Waals surface area contributed by atoms with Crippen LogP contribution in [0.4, 0.5) is 0 Å². The van der Waals surface area contributed by atoms with E-state index in [0.717, 1.165) is 35.9 Å². The summed E-state index contributed by atoms with van der Waals surface area (Å²) < 4.78 is 0. The largest absolute Gasteiger partial charge is 0.393 e. The smallest absolute Gasteiger partial charge is 0.0577 e. The van der Waals surface area contributed by atoms with Crippen LogP contribution >= 0.6 is 15.9 Å². The molecule has 0 bridgehead atoms. The summed E-state index contributed by atoms with van der Waals surface area (Å²) in [5, 5.41) is 11.2. The fourth-order valence-corrected chi connectivity index (χ4v) is 7.04. The molecular weight excluding hydrogens is 324 g/mol. The van der Waals surface area contributed by atoms with E-state index in [1.807, 2.05) is 0 Å². The van der Waals surface area contributed by atoms with Gasteiger partial charge in [0, 0.05) is 10.7 Å². The molecule has 0 aromatic rings. The standard InChI is InChI=1S/C19H27BrO/c1-18-9-6-14(21)11-13(18)4-5-15-16(18)7-10-19(12-20)8-2-3-17(15)19/h2,4,8,14-17,21H,3,5-7,9-12H2,1H3/t14?,15-,16+,17+,18+,19+/m1/s1. The lowest BCUT2D eigenvalue weighted by Gasteiger charge is -2.57. The molecule has 0 heterocycles. The number of hydrogen-bond donors (Lipinski definition) is 1. The lowest BCUT2D eigenvalue weighted by atomic mass is 9.48. The van der Waals surface area contributed by atoms with E-state index < -0.39 is 0 Å². The first-order chi connectivity index (χ1) is 10.1. The first-order valence-corrected chi connectivity index (χ1v) is 9.82. The molecule has 0 spiro atoms. The van der Waals surface area contributed by atoms with Gasteiger partial charge in [0.05, 0.1) is 6.10 Å². The Balaban J connectivity index is 1.68. The van der Waals surface area contributed by atoms with Crippen molar-refractivity contribution in [3.05, 3.63) is 23.8 Å². The molecule has 4 aliphatic carbocycles. The third-order valence-corrected chi connectivity index (χ3v) is 8.47. The number of allylic oxidation sites excluding steroid dienone is 3. The Morgan fingerprint density at radius 2 is 2.10 bits per heavy atom. The summed E-state index contributed by atoms with van der Waals surface area (Å²) in [7, 11) is 0. The molecular formula is C19H27BrO. The van der Waals surface area contributed by atoms with Gasteiger partial charge in [-0.3, -0.25) is 0 Å². The van der Waals surface area contributed by atoms with Crippen molar-refractivity contribution < 1.29 is 5.11 Å². The Kier molecular flexibility index (Phi) is 3.43.